The first kappa shape index (κ1) is 17.4. The topological polar surface area (TPSA) is 92.8 Å². The number of methoxy groups -OCH3 is 1. The zero-order chi connectivity index (χ0) is 16.9. The lowest BCUT2D eigenvalue weighted by molar-refractivity contribution is -0.140. The Labute approximate surface area is 135 Å². The molecule has 7 nitrogen and oxygen atoms in total. The van der Waals surface area contributed by atoms with Crippen molar-refractivity contribution in [1.29, 1.82) is 0 Å². The molecule has 1 aliphatic rings. The van der Waals surface area contributed by atoms with Crippen molar-refractivity contribution in [3.8, 4) is 0 Å². The summed E-state index contributed by atoms with van der Waals surface area (Å²) in [5.41, 5.74) is 0.626. The van der Waals surface area contributed by atoms with Crippen LogP contribution in [0.5, 0.6) is 0 Å². The number of nitrogens with zero attached hydrogens (tertiary/aromatic N) is 1. The van der Waals surface area contributed by atoms with Gasteiger partial charge in [-0.05, 0) is 12.0 Å². The van der Waals surface area contributed by atoms with E-state index in [2.05, 4.69) is 10.1 Å². The summed E-state index contributed by atoms with van der Waals surface area (Å²) in [5.74, 6) is -0.978. The molecular weight excluding hydrogens is 320 g/mol. The van der Waals surface area contributed by atoms with Gasteiger partial charge in [-0.25, -0.2) is 8.42 Å². The molecule has 1 fully saturated rings. The standard InChI is InChI=1S/C15H20N2O5S/c1-22-13(18)8-5-11-23(20,21)17-10-9-16-15(19)14(17)12-6-3-2-4-7-12/h2-4,6-7,14H,5,8-11H2,1H3,(H,16,19)/t14-/m1/s1. The third-order valence-corrected chi connectivity index (χ3v) is 5.56. The van der Waals surface area contributed by atoms with Gasteiger partial charge in [0, 0.05) is 19.5 Å². The van der Waals surface area contributed by atoms with Crippen LogP contribution in [0.4, 0.5) is 0 Å². The number of carbonyl (C=O) groups excluding carboxylic acids is 2. The number of benzene rings is 1. The van der Waals surface area contributed by atoms with Crippen molar-refractivity contribution in [3.63, 3.8) is 0 Å². The lowest BCUT2D eigenvalue weighted by Crippen LogP contribution is -2.52. The maximum Gasteiger partial charge on any atom is 0.305 e. The molecule has 0 aliphatic carbocycles. The molecule has 0 unspecified atom stereocenters. The maximum atomic E-state index is 12.6. The van der Waals surface area contributed by atoms with Gasteiger partial charge in [-0.15, -0.1) is 0 Å². The Balaban J connectivity index is 2.17. The van der Waals surface area contributed by atoms with Crippen LogP contribution in [0, 0.1) is 0 Å². The first-order valence-electron chi connectivity index (χ1n) is 7.34. The van der Waals surface area contributed by atoms with E-state index in [1.165, 1.54) is 11.4 Å². The molecule has 1 aromatic rings. The average Bonchev–Trinajstić information content (AvgIpc) is 2.55. The monoisotopic (exact) mass is 340 g/mol. The minimum atomic E-state index is -3.65. The molecule has 0 aromatic heterocycles. The highest BCUT2D eigenvalue weighted by Gasteiger charge is 2.38. The van der Waals surface area contributed by atoms with Gasteiger partial charge in [-0.2, -0.15) is 4.31 Å². The number of piperazine rings is 1. The highest BCUT2D eigenvalue weighted by atomic mass is 32.2. The lowest BCUT2D eigenvalue weighted by Gasteiger charge is -2.34. The van der Waals surface area contributed by atoms with E-state index in [0.717, 1.165) is 0 Å². The van der Waals surface area contributed by atoms with Crippen LogP contribution in [0.25, 0.3) is 0 Å². The number of hydrogen-bond acceptors (Lipinski definition) is 5. The van der Waals surface area contributed by atoms with Crippen molar-refractivity contribution in [1.82, 2.24) is 9.62 Å². The summed E-state index contributed by atoms with van der Waals surface area (Å²) in [5, 5.41) is 2.70. The van der Waals surface area contributed by atoms with Crippen LogP contribution in [-0.2, 0) is 24.3 Å². The van der Waals surface area contributed by atoms with Crippen LogP contribution in [0.2, 0.25) is 0 Å². The van der Waals surface area contributed by atoms with E-state index in [9.17, 15) is 18.0 Å². The van der Waals surface area contributed by atoms with E-state index in [-0.39, 0.29) is 37.6 Å². The van der Waals surface area contributed by atoms with E-state index in [1.54, 1.807) is 30.3 Å². The fourth-order valence-electron chi connectivity index (χ4n) is 2.52. The molecule has 2 rings (SSSR count). The largest absolute Gasteiger partial charge is 0.469 e. The molecule has 1 aliphatic heterocycles. The highest BCUT2D eigenvalue weighted by Crippen LogP contribution is 2.26. The zero-order valence-corrected chi connectivity index (χ0v) is 13.7. The zero-order valence-electron chi connectivity index (χ0n) is 12.9. The van der Waals surface area contributed by atoms with Crippen LogP contribution in [-0.4, -0.2) is 50.6 Å². The molecular formula is C15H20N2O5S. The third kappa shape index (κ3) is 4.29. The minimum Gasteiger partial charge on any atom is -0.469 e. The number of amides is 1. The fourth-order valence-corrected chi connectivity index (χ4v) is 4.17. The van der Waals surface area contributed by atoms with Crippen molar-refractivity contribution >= 4 is 21.9 Å². The van der Waals surface area contributed by atoms with E-state index < -0.39 is 22.0 Å². The smallest absolute Gasteiger partial charge is 0.305 e. The van der Waals surface area contributed by atoms with Gasteiger partial charge in [-0.1, -0.05) is 30.3 Å². The van der Waals surface area contributed by atoms with Gasteiger partial charge in [0.15, 0.2) is 0 Å². The molecule has 1 atom stereocenters. The van der Waals surface area contributed by atoms with Crippen molar-refractivity contribution in [2.75, 3.05) is 26.0 Å². The molecule has 0 bridgehead atoms. The van der Waals surface area contributed by atoms with Crippen molar-refractivity contribution < 1.29 is 22.7 Å². The van der Waals surface area contributed by atoms with Crippen LogP contribution in [0.15, 0.2) is 30.3 Å². The molecule has 1 N–H and O–H groups in total. The Hall–Kier alpha value is -1.93. The molecule has 126 valence electrons. The van der Waals surface area contributed by atoms with E-state index in [1.807, 2.05) is 0 Å². The number of carbonyl (C=O) groups is 2. The van der Waals surface area contributed by atoms with E-state index in [4.69, 9.17) is 0 Å². The second kappa shape index (κ2) is 7.56. The van der Waals surface area contributed by atoms with Gasteiger partial charge in [0.2, 0.25) is 15.9 Å². The summed E-state index contributed by atoms with van der Waals surface area (Å²) in [7, 11) is -2.39. The van der Waals surface area contributed by atoms with Crippen molar-refractivity contribution in [2.24, 2.45) is 0 Å². The van der Waals surface area contributed by atoms with Crippen LogP contribution in [0.1, 0.15) is 24.4 Å². The van der Waals surface area contributed by atoms with Gasteiger partial charge in [0.25, 0.3) is 0 Å². The molecule has 8 heteroatoms. The second-order valence-electron chi connectivity index (χ2n) is 5.21. The number of esters is 1. The number of nitrogens with one attached hydrogen (secondary N) is 1. The molecule has 0 radical (unpaired) electrons. The molecule has 0 saturated carbocycles. The third-order valence-electron chi connectivity index (χ3n) is 3.65. The summed E-state index contributed by atoms with van der Waals surface area (Å²) in [4.78, 5) is 23.3. The Morgan fingerprint density at radius 2 is 2.04 bits per heavy atom. The summed E-state index contributed by atoms with van der Waals surface area (Å²) in [6.07, 6.45) is 0.195. The maximum absolute atomic E-state index is 12.6. The molecule has 1 saturated heterocycles. The summed E-state index contributed by atoms with van der Waals surface area (Å²) in [6, 6.07) is 7.92. The van der Waals surface area contributed by atoms with Crippen LogP contribution < -0.4 is 5.32 Å². The van der Waals surface area contributed by atoms with Crippen LogP contribution >= 0.6 is 0 Å². The Kier molecular flexibility index (Phi) is 5.73. The van der Waals surface area contributed by atoms with Gasteiger partial charge >= 0.3 is 5.97 Å². The first-order valence-corrected chi connectivity index (χ1v) is 8.95. The van der Waals surface area contributed by atoms with Crippen LogP contribution in [0.3, 0.4) is 0 Å². The van der Waals surface area contributed by atoms with Gasteiger partial charge in [0.05, 0.1) is 12.9 Å². The normalized spacial score (nSPS) is 19.2. The quantitative estimate of drug-likeness (QED) is 0.759. The summed E-state index contributed by atoms with van der Waals surface area (Å²) < 4.78 is 30.9. The summed E-state index contributed by atoms with van der Waals surface area (Å²) >= 11 is 0. The summed E-state index contributed by atoms with van der Waals surface area (Å²) in [6.45, 7) is 0.490. The minimum absolute atomic E-state index is 0.0335. The fraction of sp³-hybridized carbons (Fsp3) is 0.467. The number of sulfonamides is 1. The number of hydrogen-bond donors (Lipinski definition) is 1. The van der Waals surface area contributed by atoms with E-state index in [0.29, 0.717) is 5.56 Å². The molecule has 0 spiro atoms. The molecule has 1 amide bonds. The molecule has 23 heavy (non-hydrogen) atoms. The van der Waals surface area contributed by atoms with E-state index >= 15 is 0 Å². The first-order chi connectivity index (χ1) is 11.0. The predicted octanol–water partition coefficient (Wildman–Crippen LogP) is 0.443. The Morgan fingerprint density at radius 1 is 1.35 bits per heavy atom. The molecule has 1 heterocycles. The van der Waals surface area contributed by atoms with Gasteiger partial charge in [0.1, 0.15) is 6.04 Å². The predicted molar refractivity (Wildman–Crippen MR) is 83.9 cm³/mol. The molecule has 1 aromatic carbocycles. The van der Waals surface area contributed by atoms with Crippen molar-refractivity contribution in [2.45, 2.75) is 18.9 Å². The highest BCUT2D eigenvalue weighted by molar-refractivity contribution is 7.89. The Morgan fingerprint density at radius 3 is 2.70 bits per heavy atom. The number of ether oxygens (including phenoxy) is 1. The second-order valence-corrected chi connectivity index (χ2v) is 7.25. The Bertz CT molecular complexity index is 660. The lowest BCUT2D eigenvalue weighted by atomic mass is 10.1. The van der Waals surface area contributed by atoms with Gasteiger partial charge in [-0.3, -0.25) is 9.59 Å². The average molecular weight is 340 g/mol. The van der Waals surface area contributed by atoms with Crippen molar-refractivity contribution in [3.05, 3.63) is 35.9 Å². The number of rotatable bonds is 6. The van der Waals surface area contributed by atoms with Gasteiger partial charge < -0.3 is 10.1 Å². The SMILES string of the molecule is COC(=O)CCCS(=O)(=O)N1CCNC(=O)[C@H]1c1ccccc1.